The first kappa shape index (κ1) is 14.8. The highest BCUT2D eigenvalue weighted by Crippen LogP contribution is 2.24. The Bertz CT molecular complexity index is 521. The van der Waals surface area contributed by atoms with Gasteiger partial charge >= 0.3 is 5.97 Å². The lowest BCUT2D eigenvalue weighted by atomic mass is 9.90. The monoisotopic (exact) mass is 287 g/mol. The normalized spacial score (nSPS) is 23.8. The molecule has 2 rings (SSSR count). The molecule has 2 unspecified atom stereocenters. The number of nitrogens with zero attached hydrogens (tertiary/aromatic N) is 1. The van der Waals surface area contributed by atoms with Crippen LogP contribution in [0.5, 0.6) is 0 Å². The van der Waals surface area contributed by atoms with E-state index in [0.717, 1.165) is 6.07 Å². The molecule has 20 heavy (non-hydrogen) atoms. The SMILES string of the molecule is CC1CC(C(=O)O)CN(Cc2cc(F)c(F)cc2F)C1. The third-order valence-electron chi connectivity index (χ3n) is 3.57. The lowest BCUT2D eigenvalue weighted by Crippen LogP contribution is -2.42. The molecule has 1 heterocycles. The largest absolute Gasteiger partial charge is 0.481 e. The number of rotatable bonds is 3. The van der Waals surface area contributed by atoms with Gasteiger partial charge in [-0.25, -0.2) is 13.2 Å². The Morgan fingerprint density at radius 1 is 1.25 bits per heavy atom. The van der Waals surface area contributed by atoms with Crippen LogP contribution in [0.1, 0.15) is 18.9 Å². The number of hydrogen-bond donors (Lipinski definition) is 1. The van der Waals surface area contributed by atoms with Crippen molar-refractivity contribution in [3.05, 3.63) is 35.1 Å². The molecule has 0 radical (unpaired) electrons. The van der Waals surface area contributed by atoms with Crippen molar-refractivity contribution in [3.63, 3.8) is 0 Å². The first-order valence-corrected chi connectivity index (χ1v) is 6.45. The van der Waals surface area contributed by atoms with Gasteiger partial charge in [-0.15, -0.1) is 0 Å². The minimum Gasteiger partial charge on any atom is -0.481 e. The second-order valence-electron chi connectivity index (χ2n) is 5.43. The highest BCUT2D eigenvalue weighted by Gasteiger charge is 2.29. The van der Waals surface area contributed by atoms with Crippen LogP contribution in [0.25, 0.3) is 0 Å². The molecule has 2 atom stereocenters. The Kier molecular flexibility index (Phi) is 4.32. The fourth-order valence-electron chi connectivity index (χ4n) is 2.70. The lowest BCUT2D eigenvalue weighted by Gasteiger charge is -2.34. The molecule has 0 aliphatic carbocycles. The number of likely N-dealkylation sites (tertiary alicyclic amines) is 1. The van der Waals surface area contributed by atoms with Crippen molar-refractivity contribution in [2.75, 3.05) is 13.1 Å². The Hall–Kier alpha value is -1.56. The first-order valence-electron chi connectivity index (χ1n) is 6.45. The maximum Gasteiger partial charge on any atom is 0.307 e. The zero-order valence-electron chi connectivity index (χ0n) is 11.1. The predicted molar refractivity (Wildman–Crippen MR) is 66.5 cm³/mol. The molecule has 3 nitrogen and oxygen atoms in total. The quantitative estimate of drug-likeness (QED) is 0.869. The van der Waals surface area contributed by atoms with Gasteiger partial charge in [0.25, 0.3) is 0 Å². The maximum atomic E-state index is 13.6. The third kappa shape index (κ3) is 3.30. The predicted octanol–water partition coefficient (Wildman–Crippen LogP) is 2.65. The van der Waals surface area contributed by atoms with Gasteiger partial charge in [-0.05, 0) is 18.4 Å². The summed E-state index contributed by atoms with van der Waals surface area (Å²) in [6.45, 7) is 2.90. The van der Waals surface area contributed by atoms with Crippen molar-refractivity contribution in [1.82, 2.24) is 4.90 Å². The number of carboxylic acids is 1. The average Bonchev–Trinajstić information content (AvgIpc) is 2.35. The molecule has 1 fully saturated rings. The molecule has 0 spiro atoms. The van der Waals surface area contributed by atoms with E-state index in [9.17, 15) is 18.0 Å². The van der Waals surface area contributed by atoms with E-state index in [4.69, 9.17) is 5.11 Å². The molecule has 0 saturated carbocycles. The van der Waals surface area contributed by atoms with Gasteiger partial charge in [0, 0.05) is 31.3 Å². The van der Waals surface area contributed by atoms with E-state index in [-0.39, 0.29) is 24.6 Å². The van der Waals surface area contributed by atoms with Crippen molar-refractivity contribution in [2.45, 2.75) is 19.9 Å². The molecule has 110 valence electrons. The van der Waals surface area contributed by atoms with E-state index in [1.54, 1.807) is 4.90 Å². The van der Waals surface area contributed by atoms with Gasteiger partial charge in [0.2, 0.25) is 0 Å². The summed E-state index contributed by atoms with van der Waals surface area (Å²) in [6.07, 6.45) is 0.575. The van der Waals surface area contributed by atoms with Crippen molar-refractivity contribution in [2.24, 2.45) is 11.8 Å². The van der Waals surface area contributed by atoms with E-state index in [1.165, 1.54) is 0 Å². The molecule has 0 amide bonds. The fourth-order valence-corrected chi connectivity index (χ4v) is 2.70. The highest BCUT2D eigenvalue weighted by molar-refractivity contribution is 5.70. The number of carboxylic acid groups (broad SMARTS) is 1. The first-order chi connectivity index (χ1) is 9.36. The summed E-state index contributed by atoms with van der Waals surface area (Å²) in [5.74, 6) is -4.35. The van der Waals surface area contributed by atoms with Gasteiger partial charge in [0.1, 0.15) is 5.82 Å². The van der Waals surface area contributed by atoms with E-state index in [0.29, 0.717) is 19.0 Å². The maximum absolute atomic E-state index is 13.6. The number of hydrogen-bond acceptors (Lipinski definition) is 2. The van der Waals surface area contributed by atoms with Crippen LogP contribution in [0, 0.1) is 29.3 Å². The number of aliphatic carboxylic acids is 1. The summed E-state index contributed by atoms with van der Waals surface area (Å²) in [5.41, 5.74) is 0.0436. The fraction of sp³-hybridized carbons (Fsp3) is 0.500. The smallest absolute Gasteiger partial charge is 0.307 e. The van der Waals surface area contributed by atoms with Gasteiger partial charge in [0.15, 0.2) is 11.6 Å². The lowest BCUT2D eigenvalue weighted by molar-refractivity contribution is -0.144. The Morgan fingerprint density at radius 2 is 1.90 bits per heavy atom. The molecule has 1 aliphatic heterocycles. The summed E-state index contributed by atoms with van der Waals surface area (Å²) in [6, 6.07) is 1.35. The summed E-state index contributed by atoms with van der Waals surface area (Å²) < 4.78 is 39.6. The van der Waals surface area contributed by atoms with Crippen LogP contribution in [-0.2, 0) is 11.3 Å². The molecule has 1 aromatic rings. The number of halogens is 3. The van der Waals surface area contributed by atoms with Gasteiger partial charge in [-0.3, -0.25) is 9.69 Å². The molecule has 6 heteroatoms. The highest BCUT2D eigenvalue weighted by atomic mass is 19.2. The van der Waals surface area contributed by atoms with Gasteiger partial charge in [0.05, 0.1) is 5.92 Å². The van der Waals surface area contributed by atoms with E-state index in [2.05, 4.69) is 0 Å². The molecule has 1 saturated heterocycles. The van der Waals surface area contributed by atoms with Crippen molar-refractivity contribution >= 4 is 5.97 Å². The average molecular weight is 287 g/mol. The van der Waals surface area contributed by atoms with Gasteiger partial charge in [-0.1, -0.05) is 6.92 Å². The topological polar surface area (TPSA) is 40.5 Å². The standard InChI is InChI=1S/C14H16F3NO2/c1-8-2-10(14(19)20)7-18(5-8)6-9-3-12(16)13(17)4-11(9)15/h3-4,8,10H,2,5-7H2,1H3,(H,19,20). The van der Waals surface area contributed by atoms with Crippen molar-refractivity contribution in [3.8, 4) is 0 Å². The van der Waals surface area contributed by atoms with E-state index < -0.39 is 29.3 Å². The molecule has 1 aliphatic rings. The van der Waals surface area contributed by atoms with Crippen LogP contribution in [0.4, 0.5) is 13.2 Å². The van der Waals surface area contributed by atoms with Crippen LogP contribution in [0.2, 0.25) is 0 Å². The molecule has 1 aromatic carbocycles. The van der Waals surface area contributed by atoms with Gasteiger partial charge < -0.3 is 5.11 Å². The summed E-state index contributed by atoms with van der Waals surface area (Å²) in [5, 5.41) is 9.06. The summed E-state index contributed by atoms with van der Waals surface area (Å²) >= 11 is 0. The van der Waals surface area contributed by atoms with E-state index in [1.807, 2.05) is 6.92 Å². The third-order valence-corrected chi connectivity index (χ3v) is 3.57. The summed E-state index contributed by atoms with van der Waals surface area (Å²) in [7, 11) is 0. The van der Waals surface area contributed by atoms with Crippen LogP contribution in [-0.4, -0.2) is 29.1 Å². The minimum atomic E-state index is -1.22. The van der Waals surface area contributed by atoms with Crippen molar-refractivity contribution in [1.29, 1.82) is 0 Å². The molecule has 1 N–H and O–H groups in total. The zero-order valence-corrected chi connectivity index (χ0v) is 11.1. The molecular weight excluding hydrogens is 271 g/mol. The van der Waals surface area contributed by atoms with E-state index >= 15 is 0 Å². The van der Waals surface area contributed by atoms with Gasteiger partial charge in [-0.2, -0.15) is 0 Å². The zero-order chi connectivity index (χ0) is 14.9. The second-order valence-corrected chi connectivity index (χ2v) is 5.43. The van der Waals surface area contributed by atoms with Crippen molar-refractivity contribution < 1.29 is 23.1 Å². The Labute approximate surface area is 115 Å². The van der Waals surface area contributed by atoms with Crippen LogP contribution < -0.4 is 0 Å². The Balaban J connectivity index is 2.13. The van der Waals surface area contributed by atoms with Crippen LogP contribution in [0.15, 0.2) is 12.1 Å². The van der Waals surface area contributed by atoms with Crippen LogP contribution in [0.3, 0.4) is 0 Å². The Morgan fingerprint density at radius 3 is 2.55 bits per heavy atom. The summed E-state index contributed by atoms with van der Waals surface area (Å²) in [4.78, 5) is 12.8. The second kappa shape index (κ2) is 5.83. The molecule has 0 bridgehead atoms. The number of benzene rings is 1. The molecule has 0 aromatic heterocycles. The van der Waals surface area contributed by atoms with Crippen LogP contribution >= 0.6 is 0 Å². The molecular formula is C14H16F3NO2. The number of carbonyl (C=O) groups is 1. The number of piperidine rings is 1. The minimum absolute atomic E-state index is 0.0436.